The first-order valence-electron chi connectivity index (χ1n) is 5.54. The molecular weight excluding hydrogens is 178 g/mol. The highest BCUT2D eigenvalue weighted by molar-refractivity contribution is 5.78. The van der Waals surface area contributed by atoms with Crippen LogP contribution in [0.1, 0.15) is 39.0 Å². The molecule has 1 fully saturated rings. The molecule has 1 N–H and O–H groups in total. The monoisotopic (exact) mass is 199 g/mol. The van der Waals surface area contributed by atoms with E-state index in [9.17, 15) is 4.79 Å². The van der Waals surface area contributed by atoms with Gasteiger partial charge in [-0.15, -0.1) is 0 Å². The zero-order chi connectivity index (χ0) is 10.4. The van der Waals surface area contributed by atoms with Gasteiger partial charge in [-0.05, 0) is 25.8 Å². The van der Waals surface area contributed by atoms with Gasteiger partial charge in [0.2, 0.25) is 0 Å². The molecule has 82 valence electrons. The van der Waals surface area contributed by atoms with Gasteiger partial charge < -0.3 is 10.1 Å². The summed E-state index contributed by atoms with van der Waals surface area (Å²) in [4.78, 5) is 11.5. The molecule has 1 rings (SSSR count). The van der Waals surface area contributed by atoms with Crippen LogP contribution >= 0.6 is 0 Å². The second-order valence-corrected chi connectivity index (χ2v) is 4.16. The van der Waals surface area contributed by atoms with Crippen molar-refractivity contribution < 1.29 is 9.53 Å². The van der Waals surface area contributed by atoms with Crippen LogP contribution in [0.15, 0.2) is 0 Å². The Morgan fingerprint density at radius 1 is 1.50 bits per heavy atom. The number of carbonyl (C=O) groups is 1. The van der Waals surface area contributed by atoms with Gasteiger partial charge in [0.25, 0.3) is 0 Å². The van der Waals surface area contributed by atoms with Gasteiger partial charge in [0.15, 0.2) is 0 Å². The summed E-state index contributed by atoms with van der Waals surface area (Å²) < 4.78 is 4.84. The maximum absolute atomic E-state index is 11.5. The minimum absolute atomic E-state index is 0.0345. The molecule has 0 heterocycles. The van der Waals surface area contributed by atoms with Crippen LogP contribution in [0.5, 0.6) is 0 Å². The zero-order valence-corrected chi connectivity index (χ0v) is 9.27. The average molecular weight is 199 g/mol. The summed E-state index contributed by atoms with van der Waals surface area (Å²) in [6.07, 6.45) is 5.50. The Kier molecular flexibility index (Phi) is 4.39. The van der Waals surface area contributed by atoms with Crippen molar-refractivity contribution in [1.82, 2.24) is 5.32 Å². The molecule has 1 aliphatic rings. The lowest BCUT2D eigenvalue weighted by atomic mass is 9.68. The smallest absolute Gasteiger partial charge is 0.313 e. The van der Waals surface area contributed by atoms with Crippen LogP contribution in [0.2, 0.25) is 0 Å². The van der Waals surface area contributed by atoms with Crippen LogP contribution in [-0.4, -0.2) is 26.2 Å². The third kappa shape index (κ3) is 2.47. The number of nitrogens with one attached hydrogen (secondary N) is 1. The summed E-state index contributed by atoms with van der Waals surface area (Å²) >= 11 is 0. The van der Waals surface area contributed by atoms with Crippen LogP contribution in [0, 0.1) is 5.41 Å². The van der Waals surface area contributed by atoms with Gasteiger partial charge >= 0.3 is 5.97 Å². The summed E-state index contributed by atoms with van der Waals surface area (Å²) in [6.45, 7) is 3.97. The largest absolute Gasteiger partial charge is 0.469 e. The van der Waals surface area contributed by atoms with Crippen LogP contribution in [-0.2, 0) is 9.53 Å². The molecule has 1 saturated carbocycles. The zero-order valence-electron chi connectivity index (χ0n) is 9.27. The third-order valence-corrected chi connectivity index (χ3v) is 3.10. The lowest BCUT2D eigenvalue weighted by molar-refractivity contribution is -0.158. The predicted molar refractivity (Wildman–Crippen MR) is 56.1 cm³/mol. The van der Waals surface area contributed by atoms with E-state index in [-0.39, 0.29) is 11.4 Å². The standard InChI is InChI=1S/C11H21NO2/c1-3-4-8-12-9-11(6-5-7-11)10(13)14-2/h12H,3-9H2,1-2H3. The van der Waals surface area contributed by atoms with E-state index < -0.39 is 0 Å². The van der Waals surface area contributed by atoms with E-state index in [4.69, 9.17) is 4.74 Å². The second kappa shape index (κ2) is 5.35. The summed E-state index contributed by atoms with van der Waals surface area (Å²) in [5.41, 5.74) is -0.192. The van der Waals surface area contributed by atoms with Crippen molar-refractivity contribution in [2.75, 3.05) is 20.2 Å². The molecule has 0 aliphatic heterocycles. The topological polar surface area (TPSA) is 38.3 Å². The maximum atomic E-state index is 11.5. The van der Waals surface area contributed by atoms with Crippen LogP contribution in [0.4, 0.5) is 0 Å². The molecule has 0 aromatic rings. The molecule has 0 spiro atoms. The highest BCUT2D eigenvalue weighted by Gasteiger charge is 2.44. The summed E-state index contributed by atoms with van der Waals surface area (Å²) in [7, 11) is 1.48. The molecule has 3 nitrogen and oxygen atoms in total. The molecule has 0 amide bonds. The Morgan fingerprint density at radius 3 is 2.64 bits per heavy atom. The lowest BCUT2D eigenvalue weighted by Gasteiger charge is -2.39. The fourth-order valence-electron chi connectivity index (χ4n) is 1.90. The summed E-state index contributed by atoms with van der Waals surface area (Å²) in [5.74, 6) is -0.0345. The number of rotatable bonds is 6. The molecule has 0 bridgehead atoms. The number of hydrogen-bond acceptors (Lipinski definition) is 3. The van der Waals surface area contributed by atoms with Crippen LogP contribution < -0.4 is 5.32 Å². The first-order valence-corrected chi connectivity index (χ1v) is 5.54. The molecule has 14 heavy (non-hydrogen) atoms. The van der Waals surface area contributed by atoms with Gasteiger partial charge in [-0.25, -0.2) is 0 Å². The van der Waals surface area contributed by atoms with E-state index in [2.05, 4.69) is 12.2 Å². The van der Waals surface area contributed by atoms with E-state index in [1.54, 1.807) is 0 Å². The fraction of sp³-hybridized carbons (Fsp3) is 0.909. The van der Waals surface area contributed by atoms with Gasteiger partial charge in [-0.1, -0.05) is 19.8 Å². The number of ether oxygens (including phenoxy) is 1. The number of methoxy groups -OCH3 is 1. The van der Waals surface area contributed by atoms with Gasteiger partial charge in [0, 0.05) is 6.54 Å². The summed E-state index contributed by atoms with van der Waals surface area (Å²) in [6, 6.07) is 0. The second-order valence-electron chi connectivity index (χ2n) is 4.16. The maximum Gasteiger partial charge on any atom is 0.313 e. The molecule has 0 unspecified atom stereocenters. The SMILES string of the molecule is CCCCNCC1(C(=O)OC)CCC1. The van der Waals surface area contributed by atoms with Crippen molar-refractivity contribution in [2.45, 2.75) is 39.0 Å². The van der Waals surface area contributed by atoms with Crippen LogP contribution in [0.3, 0.4) is 0 Å². The van der Waals surface area contributed by atoms with Crippen molar-refractivity contribution in [2.24, 2.45) is 5.41 Å². The minimum atomic E-state index is -0.192. The van der Waals surface area contributed by atoms with Gasteiger partial charge in [-0.2, -0.15) is 0 Å². The van der Waals surface area contributed by atoms with Crippen molar-refractivity contribution in [3.05, 3.63) is 0 Å². The van der Waals surface area contributed by atoms with Gasteiger partial charge in [-0.3, -0.25) is 4.79 Å². The number of carbonyl (C=O) groups excluding carboxylic acids is 1. The molecule has 3 heteroatoms. The Labute approximate surface area is 86.2 Å². The molecule has 1 aliphatic carbocycles. The van der Waals surface area contributed by atoms with Crippen molar-refractivity contribution in [3.63, 3.8) is 0 Å². The first-order chi connectivity index (χ1) is 6.75. The Bertz CT molecular complexity index is 188. The highest BCUT2D eigenvalue weighted by atomic mass is 16.5. The van der Waals surface area contributed by atoms with Crippen molar-refractivity contribution >= 4 is 5.97 Å². The third-order valence-electron chi connectivity index (χ3n) is 3.10. The first kappa shape index (κ1) is 11.5. The van der Waals surface area contributed by atoms with E-state index in [1.165, 1.54) is 20.0 Å². The van der Waals surface area contributed by atoms with Crippen molar-refractivity contribution in [3.8, 4) is 0 Å². The number of esters is 1. The van der Waals surface area contributed by atoms with E-state index in [0.29, 0.717) is 0 Å². The average Bonchev–Trinajstić information content (AvgIpc) is 2.14. The minimum Gasteiger partial charge on any atom is -0.469 e. The number of unbranched alkanes of at least 4 members (excludes halogenated alkanes) is 1. The molecule has 0 radical (unpaired) electrons. The fourth-order valence-corrected chi connectivity index (χ4v) is 1.90. The van der Waals surface area contributed by atoms with E-state index in [0.717, 1.165) is 32.4 Å². The normalized spacial score (nSPS) is 18.7. The lowest BCUT2D eigenvalue weighted by Crippen LogP contribution is -2.47. The van der Waals surface area contributed by atoms with Crippen molar-refractivity contribution in [1.29, 1.82) is 0 Å². The molecule has 0 aromatic carbocycles. The van der Waals surface area contributed by atoms with E-state index in [1.807, 2.05) is 0 Å². The highest BCUT2D eigenvalue weighted by Crippen LogP contribution is 2.41. The molecular formula is C11H21NO2. The van der Waals surface area contributed by atoms with Gasteiger partial charge in [0.05, 0.1) is 12.5 Å². The van der Waals surface area contributed by atoms with Gasteiger partial charge in [0.1, 0.15) is 0 Å². The Morgan fingerprint density at radius 2 is 2.21 bits per heavy atom. The Hall–Kier alpha value is -0.570. The number of hydrogen-bond donors (Lipinski definition) is 1. The Balaban J connectivity index is 2.27. The van der Waals surface area contributed by atoms with E-state index >= 15 is 0 Å². The molecule has 0 aromatic heterocycles. The molecule has 0 atom stereocenters. The summed E-state index contributed by atoms with van der Waals surface area (Å²) in [5, 5.41) is 3.34. The predicted octanol–water partition coefficient (Wildman–Crippen LogP) is 1.72. The molecule has 0 saturated heterocycles. The quantitative estimate of drug-likeness (QED) is 0.523. The van der Waals surface area contributed by atoms with Crippen LogP contribution in [0.25, 0.3) is 0 Å².